The van der Waals surface area contributed by atoms with Crippen molar-refractivity contribution in [3.63, 3.8) is 0 Å². The molecule has 5 heteroatoms. The van der Waals surface area contributed by atoms with Gasteiger partial charge in [-0.05, 0) is 24.5 Å². The van der Waals surface area contributed by atoms with Gasteiger partial charge >= 0.3 is 0 Å². The van der Waals surface area contributed by atoms with Gasteiger partial charge in [-0.2, -0.15) is 0 Å². The molecule has 2 aromatic rings. The molecule has 1 N–H and O–H groups in total. The van der Waals surface area contributed by atoms with Crippen molar-refractivity contribution in [2.45, 2.75) is 19.4 Å². The van der Waals surface area contributed by atoms with Crippen LogP contribution < -0.4 is 5.32 Å². The van der Waals surface area contributed by atoms with Crippen LogP contribution in [0.25, 0.3) is 6.08 Å². The molecule has 1 saturated heterocycles. The smallest absolute Gasteiger partial charge is 0.234 e. The van der Waals surface area contributed by atoms with Gasteiger partial charge in [-0.3, -0.25) is 19.4 Å². The summed E-state index contributed by atoms with van der Waals surface area (Å²) in [5.41, 5.74) is 2.26. The van der Waals surface area contributed by atoms with E-state index in [4.69, 9.17) is 0 Å². The molecule has 0 bridgehead atoms. The molecule has 1 aliphatic rings. The van der Waals surface area contributed by atoms with E-state index in [2.05, 4.69) is 39.4 Å². The first-order valence-electron chi connectivity index (χ1n) is 10.6. The number of hydrogen-bond acceptors (Lipinski definition) is 4. The Morgan fingerprint density at radius 3 is 2.17 bits per heavy atom. The van der Waals surface area contributed by atoms with Gasteiger partial charge in [-0.1, -0.05) is 72.8 Å². The predicted molar refractivity (Wildman–Crippen MR) is 121 cm³/mol. The van der Waals surface area contributed by atoms with Crippen LogP contribution in [0, 0.1) is 0 Å². The Kier molecular flexibility index (Phi) is 8.36. The molecule has 1 heterocycles. The van der Waals surface area contributed by atoms with E-state index in [1.54, 1.807) is 0 Å². The SMILES string of the molecule is CC(=O)C(Cc1ccccc1)NC(=O)CN1CCN(CC=Cc2ccccc2)CC1. The van der Waals surface area contributed by atoms with E-state index >= 15 is 0 Å². The third kappa shape index (κ3) is 7.25. The monoisotopic (exact) mass is 405 g/mol. The molecular weight excluding hydrogens is 374 g/mol. The van der Waals surface area contributed by atoms with E-state index in [1.807, 2.05) is 48.5 Å². The maximum absolute atomic E-state index is 12.5. The van der Waals surface area contributed by atoms with Crippen molar-refractivity contribution in [2.24, 2.45) is 0 Å². The topological polar surface area (TPSA) is 52.7 Å². The second-order valence-electron chi connectivity index (χ2n) is 7.81. The fraction of sp³-hybridized carbons (Fsp3) is 0.360. The van der Waals surface area contributed by atoms with Crippen LogP contribution in [0.5, 0.6) is 0 Å². The third-order valence-corrected chi connectivity index (χ3v) is 5.41. The Labute approximate surface area is 179 Å². The number of hydrogen-bond donors (Lipinski definition) is 1. The van der Waals surface area contributed by atoms with Crippen molar-refractivity contribution in [1.29, 1.82) is 0 Å². The van der Waals surface area contributed by atoms with Gasteiger partial charge in [-0.15, -0.1) is 0 Å². The fourth-order valence-electron chi connectivity index (χ4n) is 3.62. The summed E-state index contributed by atoms with van der Waals surface area (Å²) in [6.45, 7) is 6.38. The summed E-state index contributed by atoms with van der Waals surface area (Å²) < 4.78 is 0. The van der Waals surface area contributed by atoms with Crippen LogP contribution in [0.2, 0.25) is 0 Å². The van der Waals surface area contributed by atoms with Gasteiger partial charge in [0.1, 0.15) is 0 Å². The number of amides is 1. The molecule has 5 nitrogen and oxygen atoms in total. The van der Waals surface area contributed by atoms with Crippen LogP contribution >= 0.6 is 0 Å². The molecule has 2 aromatic carbocycles. The van der Waals surface area contributed by atoms with Gasteiger partial charge in [0.15, 0.2) is 5.78 Å². The number of carbonyl (C=O) groups excluding carboxylic acids is 2. The Morgan fingerprint density at radius 1 is 0.933 bits per heavy atom. The Hall–Kier alpha value is -2.76. The lowest BCUT2D eigenvalue weighted by atomic mass is 10.0. The summed E-state index contributed by atoms with van der Waals surface area (Å²) in [5, 5.41) is 2.92. The van der Waals surface area contributed by atoms with Crippen LogP contribution in [0.15, 0.2) is 66.7 Å². The number of rotatable bonds is 9. The summed E-state index contributed by atoms with van der Waals surface area (Å²) >= 11 is 0. The van der Waals surface area contributed by atoms with Crippen LogP contribution in [0.4, 0.5) is 0 Å². The van der Waals surface area contributed by atoms with E-state index < -0.39 is 6.04 Å². The average Bonchev–Trinajstić information content (AvgIpc) is 2.76. The zero-order chi connectivity index (χ0) is 21.2. The van der Waals surface area contributed by atoms with Gasteiger partial charge < -0.3 is 5.32 Å². The minimum Gasteiger partial charge on any atom is -0.345 e. The molecule has 1 amide bonds. The first kappa shape index (κ1) is 21.9. The van der Waals surface area contributed by atoms with Gasteiger partial charge in [0.25, 0.3) is 0 Å². The first-order valence-corrected chi connectivity index (χ1v) is 10.6. The van der Waals surface area contributed by atoms with E-state index in [-0.39, 0.29) is 11.7 Å². The Balaban J connectivity index is 1.39. The second-order valence-corrected chi connectivity index (χ2v) is 7.81. The van der Waals surface area contributed by atoms with Crippen LogP contribution in [-0.4, -0.2) is 66.8 Å². The summed E-state index contributed by atoms with van der Waals surface area (Å²) in [5.74, 6) is -0.0919. The average molecular weight is 406 g/mol. The number of benzene rings is 2. The molecule has 0 spiro atoms. The number of piperazine rings is 1. The molecule has 1 unspecified atom stereocenters. The quantitative estimate of drug-likeness (QED) is 0.697. The van der Waals surface area contributed by atoms with Crippen molar-refractivity contribution in [1.82, 2.24) is 15.1 Å². The highest BCUT2D eigenvalue weighted by molar-refractivity contribution is 5.88. The predicted octanol–water partition coefficient (Wildman–Crippen LogP) is 2.63. The lowest BCUT2D eigenvalue weighted by Crippen LogP contribution is -2.51. The highest BCUT2D eigenvalue weighted by atomic mass is 16.2. The lowest BCUT2D eigenvalue weighted by Gasteiger charge is -2.33. The van der Waals surface area contributed by atoms with E-state index in [0.29, 0.717) is 13.0 Å². The van der Waals surface area contributed by atoms with Crippen molar-refractivity contribution in [3.05, 3.63) is 77.9 Å². The van der Waals surface area contributed by atoms with Gasteiger partial charge in [0, 0.05) is 32.7 Å². The molecule has 30 heavy (non-hydrogen) atoms. The molecule has 1 atom stereocenters. The molecule has 1 aliphatic heterocycles. The van der Waals surface area contributed by atoms with E-state index in [1.165, 1.54) is 12.5 Å². The highest BCUT2D eigenvalue weighted by Crippen LogP contribution is 2.06. The molecule has 0 saturated carbocycles. The molecule has 158 valence electrons. The second kappa shape index (κ2) is 11.4. The highest BCUT2D eigenvalue weighted by Gasteiger charge is 2.21. The third-order valence-electron chi connectivity index (χ3n) is 5.41. The van der Waals surface area contributed by atoms with Crippen molar-refractivity contribution < 1.29 is 9.59 Å². The van der Waals surface area contributed by atoms with Crippen molar-refractivity contribution in [2.75, 3.05) is 39.3 Å². The molecule has 1 fully saturated rings. The summed E-state index contributed by atoms with van der Waals surface area (Å²) in [4.78, 5) is 29.0. The largest absolute Gasteiger partial charge is 0.345 e. The number of carbonyl (C=O) groups is 2. The van der Waals surface area contributed by atoms with Gasteiger partial charge in [0.2, 0.25) is 5.91 Å². The van der Waals surface area contributed by atoms with Crippen LogP contribution in [-0.2, 0) is 16.0 Å². The van der Waals surface area contributed by atoms with E-state index in [0.717, 1.165) is 38.3 Å². The number of nitrogens with one attached hydrogen (secondary N) is 1. The zero-order valence-corrected chi connectivity index (χ0v) is 17.7. The summed E-state index contributed by atoms with van der Waals surface area (Å²) in [7, 11) is 0. The number of Topliss-reactive ketones (excluding diaryl/α,β-unsaturated/α-hetero) is 1. The normalized spacial score (nSPS) is 16.4. The number of nitrogens with zero attached hydrogens (tertiary/aromatic N) is 2. The molecule has 3 rings (SSSR count). The van der Waals surface area contributed by atoms with Gasteiger partial charge in [-0.25, -0.2) is 0 Å². The maximum Gasteiger partial charge on any atom is 0.234 e. The lowest BCUT2D eigenvalue weighted by molar-refractivity contribution is -0.127. The van der Waals surface area contributed by atoms with Gasteiger partial charge in [0.05, 0.1) is 12.6 Å². The Morgan fingerprint density at radius 2 is 1.53 bits per heavy atom. The fourth-order valence-corrected chi connectivity index (χ4v) is 3.62. The van der Waals surface area contributed by atoms with Crippen LogP contribution in [0.1, 0.15) is 18.1 Å². The Bertz CT molecular complexity index is 828. The molecule has 0 radical (unpaired) electrons. The van der Waals surface area contributed by atoms with Crippen molar-refractivity contribution >= 4 is 17.8 Å². The van der Waals surface area contributed by atoms with Crippen molar-refractivity contribution in [3.8, 4) is 0 Å². The number of ketones is 1. The molecule has 0 aliphatic carbocycles. The zero-order valence-electron chi connectivity index (χ0n) is 17.7. The summed E-state index contributed by atoms with van der Waals surface area (Å²) in [6.07, 6.45) is 4.87. The van der Waals surface area contributed by atoms with E-state index in [9.17, 15) is 9.59 Å². The minimum absolute atomic E-state index is 0.0118. The molecular formula is C25H31N3O2. The molecule has 0 aromatic heterocycles. The summed E-state index contributed by atoms with van der Waals surface area (Å²) in [6, 6.07) is 19.6. The first-order chi connectivity index (χ1) is 14.6. The minimum atomic E-state index is -0.468. The van der Waals surface area contributed by atoms with Crippen LogP contribution in [0.3, 0.4) is 0 Å². The standard InChI is InChI=1S/C25H31N3O2/c1-21(29)24(19-23-11-6-3-7-12-23)26-25(30)20-28-17-15-27(16-18-28)14-8-13-22-9-4-2-5-10-22/h2-13,24H,14-20H2,1H3,(H,26,30). The maximum atomic E-state index is 12.5.